The van der Waals surface area contributed by atoms with E-state index in [4.69, 9.17) is 4.74 Å². The van der Waals surface area contributed by atoms with Gasteiger partial charge in [0.2, 0.25) is 0 Å². The molecule has 0 N–H and O–H groups in total. The summed E-state index contributed by atoms with van der Waals surface area (Å²) in [6.07, 6.45) is 4.06. The predicted molar refractivity (Wildman–Crippen MR) is 99.4 cm³/mol. The molecule has 1 aliphatic rings. The van der Waals surface area contributed by atoms with E-state index < -0.39 is 0 Å². The summed E-state index contributed by atoms with van der Waals surface area (Å²) in [6, 6.07) is 9.71. The quantitative estimate of drug-likeness (QED) is 0.709. The number of benzene rings is 1. The van der Waals surface area contributed by atoms with Gasteiger partial charge in [-0.25, -0.2) is 0 Å². The molecular formula is C20H18BrNO2. The molecule has 122 valence electrons. The molecule has 0 unspecified atom stereocenters. The van der Waals surface area contributed by atoms with Crippen molar-refractivity contribution in [3.63, 3.8) is 0 Å². The Kier molecular flexibility index (Phi) is 4.67. The first-order valence-corrected chi connectivity index (χ1v) is 8.51. The molecule has 0 saturated carbocycles. The Hall–Kier alpha value is -2.20. The highest BCUT2D eigenvalue weighted by molar-refractivity contribution is 9.10. The van der Waals surface area contributed by atoms with E-state index in [1.54, 1.807) is 13.3 Å². The standard InChI is InChI=1S/C20H18BrNO2/c1-12-8-15(21)9-13(2)18(12)19-17(24-3)11-14(20(19)23)10-16-6-4-5-7-22-16/h4-10H,11H2,1-3H3/b14-10+. The number of hydrogen-bond donors (Lipinski definition) is 0. The molecule has 0 saturated heterocycles. The first kappa shape index (κ1) is 16.7. The van der Waals surface area contributed by atoms with Crippen molar-refractivity contribution in [3.8, 4) is 0 Å². The number of pyridine rings is 1. The van der Waals surface area contributed by atoms with Crippen LogP contribution in [0.15, 0.2) is 52.3 Å². The normalized spacial score (nSPS) is 16.2. The summed E-state index contributed by atoms with van der Waals surface area (Å²) < 4.78 is 6.55. The van der Waals surface area contributed by atoms with Crippen molar-refractivity contribution in [2.75, 3.05) is 7.11 Å². The number of nitrogens with zero attached hydrogens (tertiary/aromatic N) is 1. The van der Waals surface area contributed by atoms with Crippen LogP contribution in [0.3, 0.4) is 0 Å². The molecule has 2 aromatic rings. The summed E-state index contributed by atoms with van der Waals surface area (Å²) in [4.78, 5) is 17.3. The molecule has 0 bridgehead atoms. The monoisotopic (exact) mass is 383 g/mol. The lowest BCUT2D eigenvalue weighted by Gasteiger charge is -2.12. The molecule has 0 radical (unpaired) electrons. The molecule has 0 amide bonds. The smallest absolute Gasteiger partial charge is 0.193 e. The number of rotatable bonds is 3. The van der Waals surface area contributed by atoms with E-state index in [0.29, 0.717) is 17.6 Å². The third-order valence-electron chi connectivity index (χ3n) is 4.15. The lowest BCUT2D eigenvalue weighted by atomic mass is 9.93. The Balaban J connectivity index is 2.08. The lowest BCUT2D eigenvalue weighted by molar-refractivity contribution is -0.110. The van der Waals surface area contributed by atoms with E-state index in [-0.39, 0.29) is 5.78 Å². The predicted octanol–water partition coefficient (Wildman–Crippen LogP) is 4.87. The van der Waals surface area contributed by atoms with Crippen LogP contribution in [-0.4, -0.2) is 17.9 Å². The van der Waals surface area contributed by atoms with Crippen LogP contribution in [0.4, 0.5) is 0 Å². The van der Waals surface area contributed by atoms with Gasteiger partial charge in [0.05, 0.1) is 18.4 Å². The Morgan fingerprint density at radius 2 is 1.92 bits per heavy atom. The number of methoxy groups -OCH3 is 1. The first-order valence-electron chi connectivity index (χ1n) is 7.72. The van der Waals surface area contributed by atoms with Gasteiger partial charge in [-0.15, -0.1) is 0 Å². The van der Waals surface area contributed by atoms with Gasteiger partial charge in [-0.05, 0) is 60.9 Å². The fraction of sp³-hybridized carbons (Fsp3) is 0.200. The second-order valence-corrected chi connectivity index (χ2v) is 6.76. The second-order valence-electron chi connectivity index (χ2n) is 5.85. The van der Waals surface area contributed by atoms with Crippen LogP contribution in [0, 0.1) is 13.8 Å². The number of halogens is 1. The summed E-state index contributed by atoms with van der Waals surface area (Å²) in [6.45, 7) is 4.03. The summed E-state index contributed by atoms with van der Waals surface area (Å²) >= 11 is 3.51. The van der Waals surface area contributed by atoms with E-state index in [9.17, 15) is 4.79 Å². The summed E-state index contributed by atoms with van der Waals surface area (Å²) in [5.41, 5.74) is 5.23. The topological polar surface area (TPSA) is 39.2 Å². The molecule has 0 aliphatic heterocycles. The van der Waals surface area contributed by atoms with Gasteiger partial charge in [0, 0.05) is 22.7 Å². The summed E-state index contributed by atoms with van der Waals surface area (Å²) in [5, 5.41) is 0. The SMILES string of the molecule is COC1=C(c2c(C)cc(Br)cc2C)C(=O)/C(=C/c2ccccn2)C1. The zero-order valence-electron chi connectivity index (χ0n) is 13.9. The number of ketones is 1. The molecular weight excluding hydrogens is 366 g/mol. The summed E-state index contributed by atoms with van der Waals surface area (Å²) in [5.74, 6) is 0.738. The minimum atomic E-state index is 0.0195. The van der Waals surface area contributed by atoms with E-state index in [2.05, 4.69) is 20.9 Å². The van der Waals surface area contributed by atoms with Crippen molar-refractivity contribution in [2.24, 2.45) is 0 Å². The highest BCUT2D eigenvalue weighted by Crippen LogP contribution is 2.39. The summed E-state index contributed by atoms with van der Waals surface area (Å²) in [7, 11) is 1.62. The van der Waals surface area contributed by atoms with Crippen LogP contribution in [0.25, 0.3) is 11.6 Å². The molecule has 0 atom stereocenters. The fourth-order valence-corrected chi connectivity index (χ4v) is 3.80. The van der Waals surface area contributed by atoms with Gasteiger partial charge in [0.1, 0.15) is 5.76 Å². The van der Waals surface area contributed by atoms with Gasteiger partial charge in [-0.2, -0.15) is 0 Å². The zero-order chi connectivity index (χ0) is 17.3. The largest absolute Gasteiger partial charge is 0.500 e. The van der Waals surface area contributed by atoms with E-state index in [1.807, 2.05) is 50.3 Å². The van der Waals surface area contributed by atoms with Crippen molar-refractivity contribution in [2.45, 2.75) is 20.3 Å². The number of carbonyl (C=O) groups is 1. The Bertz CT molecular complexity index is 843. The van der Waals surface area contributed by atoms with E-state index in [0.717, 1.165) is 32.6 Å². The highest BCUT2D eigenvalue weighted by atomic mass is 79.9. The molecule has 1 aliphatic carbocycles. The molecule has 1 aromatic heterocycles. The van der Waals surface area contributed by atoms with Crippen LogP contribution in [0.2, 0.25) is 0 Å². The van der Waals surface area contributed by atoms with Crippen LogP contribution in [-0.2, 0) is 9.53 Å². The second kappa shape index (κ2) is 6.73. The third kappa shape index (κ3) is 3.06. The van der Waals surface area contributed by atoms with Gasteiger partial charge in [0.15, 0.2) is 5.78 Å². The minimum absolute atomic E-state index is 0.0195. The van der Waals surface area contributed by atoms with Crippen LogP contribution in [0.1, 0.15) is 28.8 Å². The van der Waals surface area contributed by atoms with Crippen LogP contribution in [0.5, 0.6) is 0 Å². The molecule has 1 heterocycles. The zero-order valence-corrected chi connectivity index (χ0v) is 15.5. The Labute approximate surface area is 150 Å². The number of allylic oxidation sites excluding steroid dienone is 2. The van der Waals surface area contributed by atoms with Gasteiger partial charge < -0.3 is 4.74 Å². The Morgan fingerprint density at radius 3 is 2.50 bits per heavy atom. The number of aryl methyl sites for hydroxylation is 2. The maximum absolute atomic E-state index is 13.0. The fourth-order valence-electron chi connectivity index (χ4n) is 3.12. The average Bonchev–Trinajstić information content (AvgIpc) is 2.84. The minimum Gasteiger partial charge on any atom is -0.500 e. The van der Waals surface area contributed by atoms with Gasteiger partial charge in [0.25, 0.3) is 0 Å². The number of Topliss-reactive ketones (excluding diaryl/α,β-unsaturated/α-hetero) is 1. The number of ether oxygens (including phenoxy) is 1. The van der Waals surface area contributed by atoms with Crippen molar-refractivity contribution in [3.05, 3.63) is 74.7 Å². The number of aromatic nitrogens is 1. The van der Waals surface area contributed by atoms with Crippen molar-refractivity contribution in [1.29, 1.82) is 0 Å². The van der Waals surface area contributed by atoms with Crippen molar-refractivity contribution >= 4 is 33.4 Å². The van der Waals surface area contributed by atoms with E-state index in [1.165, 1.54) is 0 Å². The maximum Gasteiger partial charge on any atom is 0.193 e. The third-order valence-corrected chi connectivity index (χ3v) is 4.61. The molecule has 0 fully saturated rings. The van der Waals surface area contributed by atoms with Crippen LogP contribution >= 0.6 is 15.9 Å². The maximum atomic E-state index is 13.0. The van der Waals surface area contributed by atoms with Crippen molar-refractivity contribution < 1.29 is 9.53 Å². The van der Waals surface area contributed by atoms with E-state index >= 15 is 0 Å². The lowest BCUT2D eigenvalue weighted by Crippen LogP contribution is -2.03. The first-order chi connectivity index (χ1) is 11.5. The molecule has 1 aromatic carbocycles. The van der Waals surface area contributed by atoms with Gasteiger partial charge >= 0.3 is 0 Å². The van der Waals surface area contributed by atoms with Crippen molar-refractivity contribution in [1.82, 2.24) is 4.98 Å². The molecule has 3 rings (SSSR count). The average molecular weight is 384 g/mol. The molecule has 4 heteroatoms. The molecule has 0 spiro atoms. The molecule has 3 nitrogen and oxygen atoms in total. The number of carbonyl (C=O) groups excluding carboxylic acids is 1. The van der Waals surface area contributed by atoms with Gasteiger partial charge in [-0.3, -0.25) is 9.78 Å². The van der Waals surface area contributed by atoms with Gasteiger partial charge in [-0.1, -0.05) is 22.0 Å². The molecule has 24 heavy (non-hydrogen) atoms. The van der Waals surface area contributed by atoms with Crippen LogP contribution < -0.4 is 0 Å². The Morgan fingerprint density at radius 1 is 1.21 bits per heavy atom. The highest BCUT2D eigenvalue weighted by Gasteiger charge is 2.32. The number of hydrogen-bond acceptors (Lipinski definition) is 3.